The van der Waals surface area contributed by atoms with Crippen LogP contribution in [0.25, 0.3) is 11.0 Å². The third kappa shape index (κ3) is 5.07. The summed E-state index contributed by atoms with van der Waals surface area (Å²) in [6.45, 7) is 9.59. The average Bonchev–Trinajstić information content (AvgIpc) is 3.14. The molecule has 0 radical (unpaired) electrons. The Bertz CT molecular complexity index is 1240. The lowest BCUT2D eigenvalue weighted by atomic mass is 10.1. The summed E-state index contributed by atoms with van der Waals surface area (Å²) < 4.78 is 8.14. The van der Waals surface area contributed by atoms with E-state index in [9.17, 15) is 5.11 Å². The van der Waals surface area contributed by atoms with Crippen LogP contribution in [-0.4, -0.2) is 21.3 Å². The van der Waals surface area contributed by atoms with E-state index < -0.39 is 6.10 Å². The van der Waals surface area contributed by atoms with Gasteiger partial charge in [-0.1, -0.05) is 41.9 Å². The molecular formula is C28H31ClN2O2. The van der Waals surface area contributed by atoms with Crippen LogP contribution in [0.3, 0.4) is 0 Å². The molecule has 0 aliphatic carbocycles. The smallest absolute Gasteiger partial charge is 0.143 e. The van der Waals surface area contributed by atoms with Gasteiger partial charge in [0.2, 0.25) is 0 Å². The molecule has 1 atom stereocenters. The molecule has 0 aliphatic heterocycles. The molecule has 0 spiro atoms. The molecule has 0 saturated heterocycles. The van der Waals surface area contributed by atoms with Gasteiger partial charge in [-0.2, -0.15) is 0 Å². The van der Waals surface area contributed by atoms with Crippen LogP contribution in [0.1, 0.15) is 52.6 Å². The predicted octanol–water partition coefficient (Wildman–Crippen LogP) is 6.86. The number of rotatable bonds is 8. The van der Waals surface area contributed by atoms with Gasteiger partial charge in [0, 0.05) is 11.6 Å². The van der Waals surface area contributed by atoms with Crippen LogP contribution in [0.2, 0.25) is 5.02 Å². The number of fused-ring (bicyclic) bond motifs is 1. The molecule has 4 rings (SSSR count). The minimum absolute atomic E-state index is 0.627. The number of aliphatic hydroxyl groups excluding tert-OH is 1. The lowest BCUT2D eigenvalue weighted by Crippen LogP contribution is -2.11. The molecule has 5 heteroatoms. The van der Waals surface area contributed by atoms with Crippen molar-refractivity contribution in [2.75, 3.05) is 6.61 Å². The normalized spacial score (nSPS) is 12.3. The van der Waals surface area contributed by atoms with Crippen molar-refractivity contribution in [3.05, 3.63) is 93.3 Å². The zero-order valence-corrected chi connectivity index (χ0v) is 20.5. The first-order valence-electron chi connectivity index (χ1n) is 11.4. The quantitative estimate of drug-likeness (QED) is 0.291. The van der Waals surface area contributed by atoms with Crippen LogP contribution in [-0.2, 0) is 6.54 Å². The summed E-state index contributed by atoms with van der Waals surface area (Å²) in [6, 6.07) is 18.0. The number of hydrogen-bond donors (Lipinski definition) is 1. The Morgan fingerprint density at radius 1 is 0.909 bits per heavy atom. The van der Waals surface area contributed by atoms with Crippen molar-refractivity contribution < 1.29 is 9.84 Å². The first-order valence-corrected chi connectivity index (χ1v) is 11.8. The molecule has 4 nitrogen and oxygen atoms in total. The molecule has 0 fully saturated rings. The van der Waals surface area contributed by atoms with Crippen LogP contribution >= 0.6 is 11.6 Å². The number of benzene rings is 3. The zero-order valence-electron chi connectivity index (χ0n) is 19.7. The molecule has 0 amide bonds. The van der Waals surface area contributed by atoms with Crippen LogP contribution < -0.4 is 4.74 Å². The molecule has 1 heterocycles. The maximum absolute atomic E-state index is 11.1. The second kappa shape index (κ2) is 9.98. The summed E-state index contributed by atoms with van der Waals surface area (Å²) in [5.41, 5.74) is 7.32. The maximum Gasteiger partial charge on any atom is 0.143 e. The highest BCUT2D eigenvalue weighted by Gasteiger charge is 2.20. The van der Waals surface area contributed by atoms with Gasteiger partial charge in [-0.3, -0.25) is 0 Å². The number of hydrogen-bond acceptors (Lipinski definition) is 3. The third-order valence-electron chi connectivity index (χ3n) is 6.21. The van der Waals surface area contributed by atoms with E-state index in [2.05, 4.69) is 30.5 Å². The Balaban J connectivity index is 1.50. The van der Waals surface area contributed by atoms with Gasteiger partial charge in [0.05, 0.1) is 17.6 Å². The van der Waals surface area contributed by atoms with Gasteiger partial charge in [-0.25, -0.2) is 4.98 Å². The largest absolute Gasteiger partial charge is 0.494 e. The Labute approximate surface area is 200 Å². The molecule has 0 saturated carbocycles. The van der Waals surface area contributed by atoms with E-state index in [4.69, 9.17) is 21.3 Å². The fourth-order valence-electron chi connectivity index (χ4n) is 4.18. The number of aryl methyl sites for hydroxylation is 5. The molecule has 1 unspecified atom stereocenters. The molecule has 33 heavy (non-hydrogen) atoms. The minimum Gasteiger partial charge on any atom is -0.494 e. The molecule has 172 valence electrons. The van der Waals surface area contributed by atoms with Crippen LogP contribution in [0, 0.1) is 27.7 Å². The van der Waals surface area contributed by atoms with Crippen molar-refractivity contribution in [2.24, 2.45) is 0 Å². The molecule has 4 aromatic rings. The van der Waals surface area contributed by atoms with Crippen LogP contribution in [0.4, 0.5) is 0 Å². The number of imidazole rings is 1. The van der Waals surface area contributed by atoms with E-state index >= 15 is 0 Å². The number of aliphatic hydroxyl groups is 1. The van der Waals surface area contributed by atoms with Crippen molar-refractivity contribution in [1.29, 1.82) is 0 Å². The lowest BCUT2D eigenvalue weighted by molar-refractivity contribution is 0.204. The second-order valence-corrected chi connectivity index (χ2v) is 9.16. The number of unbranched alkanes of at least 4 members (excludes halogenated alkanes) is 1. The summed E-state index contributed by atoms with van der Waals surface area (Å²) >= 11 is 6.26. The van der Waals surface area contributed by atoms with E-state index in [1.807, 2.05) is 56.3 Å². The van der Waals surface area contributed by atoms with Gasteiger partial charge < -0.3 is 14.4 Å². The topological polar surface area (TPSA) is 47.3 Å². The first kappa shape index (κ1) is 23.3. The van der Waals surface area contributed by atoms with Gasteiger partial charge >= 0.3 is 0 Å². The SMILES string of the molecule is Cc1cc2nc(C(O)c3ccccc3)n(CCCCOc3cc(C)c(Cl)c(C)c3)c2cc1C. The van der Waals surface area contributed by atoms with Gasteiger partial charge in [0.25, 0.3) is 0 Å². The number of aromatic nitrogens is 2. The van der Waals surface area contributed by atoms with Crippen molar-refractivity contribution in [2.45, 2.75) is 53.2 Å². The Kier molecular flexibility index (Phi) is 7.06. The van der Waals surface area contributed by atoms with Gasteiger partial charge in [-0.15, -0.1) is 0 Å². The fraction of sp³-hybridized carbons (Fsp3) is 0.321. The predicted molar refractivity (Wildman–Crippen MR) is 135 cm³/mol. The molecule has 0 aliphatic rings. The fourth-order valence-corrected chi connectivity index (χ4v) is 4.29. The Morgan fingerprint density at radius 3 is 2.27 bits per heavy atom. The van der Waals surface area contributed by atoms with Crippen molar-refractivity contribution in [3.63, 3.8) is 0 Å². The lowest BCUT2D eigenvalue weighted by Gasteiger charge is -2.15. The van der Waals surface area contributed by atoms with Gasteiger partial charge in [-0.05, 0) is 92.6 Å². The molecular weight excluding hydrogens is 432 g/mol. The van der Waals surface area contributed by atoms with Crippen molar-refractivity contribution >= 4 is 22.6 Å². The van der Waals surface area contributed by atoms with E-state index in [1.165, 1.54) is 11.1 Å². The monoisotopic (exact) mass is 462 g/mol. The summed E-state index contributed by atoms with van der Waals surface area (Å²) in [7, 11) is 0. The summed E-state index contributed by atoms with van der Waals surface area (Å²) in [5, 5.41) is 11.9. The summed E-state index contributed by atoms with van der Waals surface area (Å²) in [4.78, 5) is 4.83. The van der Waals surface area contributed by atoms with Crippen LogP contribution in [0.15, 0.2) is 54.6 Å². The van der Waals surface area contributed by atoms with E-state index in [0.717, 1.165) is 57.9 Å². The standard InChI is InChI=1S/C28H31ClN2O2/c1-18-16-24-25(17-19(18)2)31(28(30-24)27(32)22-10-6-5-7-11-22)12-8-9-13-33-23-14-20(3)26(29)21(4)15-23/h5-7,10-11,14-17,27,32H,8-9,12-13H2,1-4H3. The van der Waals surface area contributed by atoms with Crippen molar-refractivity contribution in [3.8, 4) is 5.75 Å². The highest BCUT2D eigenvalue weighted by molar-refractivity contribution is 6.32. The van der Waals surface area contributed by atoms with E-state index in [-0.39, 0.29) is 0 Å². The highest BCUT2D eigenvalue weighted by Crippen LogP contribution is 2.29. The Morgan fingerprint density at radius 2 is 1.58 bits per heavy atom. The van der Waals surface area contributed by atoms with Crippen LogP contribution in [0.5, 0.6) is 5.75 Å². The van der Waals surface area contributed by atoms with E-state index in [1.54, 1.807) is 0 Å². The molecule has 3 aromatic carbocycles. The Hall–Kier alpha value is -2.82. The summed E-state index contributed by atoms with van der Waals surface area (Å²) in [6.07, 6.45) is 1.04. The number of nitrogens with zero attached hydrogens (tertiary/aromatic N) is 2. The maximum atomic E-state index is 11.1. The van der Waals surface area contributed by atoms with Gasteiger partial charge in [0.15, 0.2) is 0 Å². The highest BCUT2D eigenvalue weighted by atomic mass is 35.5. The molecule has 0 bridgehead atoms. The number of ether oxygens (including phenoxy) is 1. The molecule has 1 N–H and O–H groups in total. The first-order chi connectivity index (χ1) is 15.8. The second-order valence-electron chi connectivity index (χ2n) is 8.79. The third-order valence-corrected chi connectivity index (χ3v) is 6.80. The number of halogens is 1. The van der Waals surface area contributed by atoms with Gasteiger partial charge in [0.1, 0.15) is 17.7 Å². The van der Waals surface area contributed by atoms with Crippen molar-refractivity contribution in [1.82, 2.24) is 9.55 Å². The average molecular weight is 463 g/mol. The minimum atomic E-state index is -0.768. The van der Waals surface area contributed by atoms with E-state index in [0.29, 0.717) is 12.4 Å². The molecule has 1 aromatic heterocycles. The summed E-state index contributed by atoms with van der Waals surface area (Å²) in [5.74, 6) is 1.54. The zero-order chi connectivity index (χ0) is 23.5.